The van der Waals surface area contributed by atoms with Gasteiger partial charge in [-0.3, -0.25) is 4.98 Å². The average Bonchev–Trinajstić information content (AvgIpc) is 2.44. The highest BCUT2D eigenvalue weighted by molar-refractivity contribution is 5.90. The molecule has 106 valence electrons. The molecule has 3 rings (SSSR count). The molecule has 3 aromatic rings. The molecule has 1 N–H and O–H groups in total. The fourth-order valence-corrected chi connectivity index (χ4v) is 2.30. The van der Waals surface area contributed by atoms with Gasteiger partial charge < -0.3 is 5.32 Å². The van der Waals surface area contributed by atoms with Crippen LogP contribution in [0.4, 0.5) is 14.5 Å². The van der Waals surface area contributed by atoms with Crippen LogP contribution < -0.4 is 5.32 Å². The van der Waals surface area contributed by atoms with Crippen LogP contribution in [0.1, 0.15) is 11.3 Å². The van der Waals surface area contributed by atoms with Gasteiger partial charge in [0.25, 0.3) is 0 Å². The zero-order valence-electron chi connectivity index (χ0n) is 11.5. The van der Waals surface area contributed by atoms with Crippen LogP contribution in [0.2, 0.25) is 0 Å². The van der Waals surface area contributed by atoms with Crippen LogP contribution in [0.3, 0.4) is 0 Å². The van der Waals surface area contributed by atoms with Gasteiger partial charge in [-0.1, -0.05) is 18.2 Å². The molecule has 0 fully saturated rings. The Hall–Kier alpha value is -2.49. The van der Waals surface area contributed by atoms with E-state index in [1.165, 1.54) is 12.1 Å². The molecule has 0 aliphatic heterocycles. The molecule has 0 saturated carbocycles. The number of hydrogen-bond donors (Lipinski definition) is 1. The predicted molar refractivity (Wildman–Crippen MR) is 80.2 cm³/mol. The molecule has 0 unspecified atom stereocenters. The lowest BCUT2D eigenvalue weighted by molar-refractivity contribution is 0.580. The summed E-state index contributed by atoms with van der Waals surface area (Å²) in [5.41, 5.74) is 3.18. The van der Waals surface area contributed by atoms with Crippen LogP contribution in [-0.2, 0) is 6.54 Å². The smallest absolute Gasteiger partial charge is 0.126 e. The largest absolute Gasteiger partial charge is 0.379 e. The van der Waals surface area contributed by atoms with Crippen molar-refractivity contribution in [1.82, 2.24) is 4.98 Å². The third-order valence-corrected chi connectivity index (χ3v) is 3.26. The second kappa shape index (κ2) is 5.48. The number of anilines is 1. The van der Waals surface area contributed by atoms with Crippen LogP contribution in [0, 0.1) is 18.6 Å². The van der Waals surface area contributed by atoms with E-state index in [1.807, 2.05) is 37.3 Å². The number of benzene rings is 2. The maximum atomic E-state index is 13.2. The molecule has 0 spiro atoms. The van der Waals surface area contributed by atoms with E-state index in [0.717, 1.165) is 28.4 Å². The van der Waals surface area contributed by atoms with Crippen LogP contribution in [0.5, 0.6) is 0 Å². The standard InChI is InChI=1S/C17H14F2N2/c1-11-5-6-13-3-2-4-16(17(13)21-11)20-10-12-7-14(18)9-15(19)8-12/h2-9,20H,10H2,1H3. The Morgan fingerprint density at radius 1 is 1.00 bits per heavy atom. The van der Waals surface area contributed by atoms with Crippen molar-refractivity contribution in [2.75, 3.05) is 5.32 Å². The Kier molecular flexibility index (Phi) is 3.52. The van der Waals surface area contributed by atoms with E-state index in [2.05, 4.69) is 10.3 Å². The van der Waals surface area contributed by atoms with E-state index in [4.69, 9.17) is 0 Å². The summed E-state index contributed by atoms with van der Waals surface area (Å²) in [7, 11) is 0. The van der Waals surface area contributed by atoms with Crippen molar-refractivity contribution in [2.45, 2.75) is 13.5 Å². The first-order chi connectivity index (χ1) is 10.1. The summed E-state index contributed by atoms with van der Waals surface area (Å²) in [5.74, 6) is -1.14. The number of rotatable bonds is 3. The first-order valence-corrected chi connectivity index (χ1v) is 6.67. The van der Waals surface area contributed by atoms with Crippen molar-refractivity contribution in [3.05, 3.63) is 71.4 Å². The Morgan fingerprint density at radius 3 is 2.52 bits per heavy atom. The molecule has 0 aliphatic rings. The molecule has 0 atom stereocenters. The van der Waals surface area contributed by atoms with Gasteiger partial charge >= 0.3 is 0 Å². The topological polar surface area (TPSA) is 24.9 Å². The van der Waals surface area contributed by atoms with E-state index < -0.39 is 11.6 Å². The number of nitrogens with zero attached hydrogens (tertiary/aromatic N) is 1. The minimum absolute atomic E-state index is 0.337. The minimum atomic E-state index is -0.571. The highest BCUT2D eigenvalue weighted by Gasteiger charge is 2.04. The lowest BCUT2D eigenvalue weighted by Crippen LogP contribution is -2.02. The maximum Gasteiger partial charge on any atom is 0.126 e. The third-order valence-electron chi connectivity index (χ3n) is 3.26. The fourth-order valence-electron chi connectivity index (χ4n) is 2.30. The molecule has 21 heavy (non-hydrogen) atoms. The van der Waals surface area contributed by atoms with Crippen molar-refractivity contribution in [3.63, 3.8) is 0 Å². The molecule has 0 radical (unpaired) electrons. The number of fused-ring (bicyclic) bond motifs is 1. The average molecular weight is 284 g/mol. The van der Waals surface area contributed by atoms with Gasteiger partial charge in [-0.25, -0.2) is 8.78 Å². The Bertz CT molecular complexity index is 780. The Balaban J connectivity index is 1.89. The van der Waals surface area contributed by atoms with E-state index >= 15 is 0 Å². The lowest BCUT2D eigenvalue weighted by atomic mass is 10.1. The van der Waals surface area contributed by atoms with Gasteiger partial charge in [0, 0.05) is 23.7 Å². The number of para-hydroxylation sites is 1. The summed E-state index contributed by atoms with van der Waals surface area (Å²) >= 11 is 0. The van der Waals surface area contributed by atoms with Crippen LogP contribution in [-0.4, -0.2) is 4.98 Å². The van der Waals surface area contributed by atoms with Crippen molar-refractivity contribution < 1.29 is 8.78 Å². The molecule has 0 saturated heterocycles. The highest BCUT2D eigenvalue weighted by atomic mass is 19.1. The molecular weight excluding hydrogens is 270 g/mol. The molecule has 2 aromatic carbocycles. The molecule has 0 amide bonds. The lowest BCUT2D eigenvalue weighted by Gasteiger charge is -2.10. The van der Waals surface area contributed by atoms with Gasteiger partial charge in [0.2, 0.25) is 0 Å². The summed E-state index contributed by atoms with van der Waals surface area (Å²) in [6.07, 6.45) is 0. The summed E-state index contributed by atoms with van der Waals surface area (Å²) in [4.78, 5) is 4.51. The summed E-state index contributed by atoms with van der Waals surface area (Å²) in [6, 6.07) is 13.3. The minimum Gasteiger partial charge on any atom is -0.379 e. The van der Waals surface area contributed by atoms with E-state index in [1.54, 1.807) is 0 Å². The zero-order chi connectivity index (χ0) is 14.8. The fraction of sp³-hybridized carbons (Fsp3) is 0.118. The number of halogens is 2. The van der Waals surface area contributed by atoms with Crippen molar-refractivity contribution in [3.8, 4) is 0 Å². The van der Waals surface area contributed by atoms with Gasteiger partial charge in [-0.05, 0) is 36.8 Å². The Labute approximate surface area is 121 Å². The highest BCUT2D eigenvalue weighted by Crippen LogP contribution is 2.22. The van der Waals surface area contributed by atoms with Crippen LogP contribution in [0.25, 0.3) is 10.9 Å². The van der Waals surface area contributed by atoms with E-state index in [-0.39, 0.29) is 0 Å². The van der Waals surface area contributed by atoms with E-state index in [0.29, 0.717) is 12.1 Å². The number of aryl methyl sites for hydroxylation is 1. The van der Waals surface area contributed by atoms with Gasteiger partial charge in [-0.2, -0.15) is 0 Å². The second-order valence-electron chi connectivity index (χ2n) is 4.96. The molecule has 4 heteroatoms. The monoisotopic (exact) mass is 284 g/mol. The van der Waals surface area contributed by atoms with E-state index in [9.17, 15) is 8.78 Å². The maximum absolute atomic E-state index is 13.2. The molecule has 2 nitrogen and oxygen atoms in total. The van der Waals surface area contributed by atoms with Crippen molar-refractivity contribution in [2.24, 2.45) is 0 Å². The first-order valence-electron chi connectivity index (χ1n) is 6.67. The molecule has 0 bridgehead atoms. The van der Waals surface area contributed by atoms with Crippen LogP contribution >= 0.6 is 0 Å². The van der Waals surface area contributed by atoms with Crippen molar-refractivity contribution in [1.29, 1.82) is 0 Å². The van der Waals surface area contributed by atoms with Gasteiger partial charge in [0.1, 0.15) is 11.6 Å². The van der Waals surface area contributed by atoms with Crippen LogP contribution in [0.15, 0.2) is 48.5 Å². The molecule has 1 heterocycles. The number of nitrogens with one attached hydrogen (secondary N) is 1. The summed E-state index contributed by atoms with van der Waals surface area (Å²) in [5, 5.41) is 4.21. The second-order valence-corrected chi connectivity index (χ2v) is 4.96. The number of pyridine rings is 1. The third kappa shape index (κ3) is 2.99. The number of hydrogen-bond acceptors (Lipinski definition) is 2. The quantitative estimate of drug-likeness (QED) is 0.769. The molecular formula is C17H14F2N2. The van der Waals surface area contributed by atoms with Crippen molar-refractivity contribution >= 4 is 16.6 Å². The molecule has 1 aromatic heterocycles. The zero-order valence-corrected chi connectivity index (χ0v) is 11.5. The SMILES string of the molecule is Cc1ccc2cccc(NCc3cc(F)cc(F)c3)c2n1. The summed E-state index contributed by atoms with van der Waals surface area (Å²) in [6.45, 7) is 2.27. The van der Waals surface area contributed by atoms with Gasteiger partial charge in [0.15, 0.2) is 0 Å². The Morgan fingerprint density at radius 2 is 1.76 bits per heavy atom. The summed E-state index contributed by atoms with van der Waals surface area (Å²) < 4.78 is 26.4. The van der Waals surface area contributed by atoms with Gasteiger partial charge in [0.05, 0.1) is 11.2 Å². The predicted octanol–water partition coefficient (Wildman–Crippen LogP) is 4.43. The molecule has 0 aliphatic carbocycles. The number of aromatic nitrogens is 1. The van der Waals surface area contributed by atoms with Gasteiger partial charge in [-0.15, -0.1) is 0 Å². The first kappa shape index (κ1) is 13.5. The normalized spacial score (nSPS) is 10.8.